The molecule has 0 spiro atoms. The third kappa shape index (κ3) is 6.60. The second-order valence-corrected chi connectivity index (χ2v) is 8.01. The fourth-order valence-electron chi connectivity index (χ4n) is 3.41. The van der Waals surface area contributed by atoms with Gasteiger partial charge in [0.2, 0.25) is 0 Å². The molecule has 0 radical (unpaired) electrons. The van der Waals surface area contributed by atoms with E-state index in [1.54, 1.807) is 0 Å². The van der Waals surface area contributed by atoms with E-state index >= 15 is 0 Å². The summed E-state index contributed by atoms with van der Waals surface area (Å²) in [5.41, 5.74) is -1.84. The summed E-state index contributed by atoms with van der Waals surface area (Å²) < 4.78 is 77.8. The van der Waals surface area contributed by atoms with Crippen LogP contribution in [0.3, 0.4) is 0 Å². The molecule has 1 atom stereocenters. The standard InChI is InChI=1S/C25H19F5N2O6/c1-13-9-16(26)4-8-21(13)38-22-7-3-15(25(28,29)30)12-18(22)23(33)31-17-5-6-19(27)14(10-17)11-20(32(35)36)24(34)37-2/h3-10,12,20H,11H2,1-2H3,(H,31,33). The maximum atomic E-state index is 14.3. The van der Waals surface area contributed by atoms with Crippen molar-refractivity contribution in [1.29, 1.82) is 0 Å². The van der Waals surface area contributed by atoms with Gasteiger partial charge >= 0.3 is 18.2 Å². The van der Waals surface area contributed by atoms with Gasteiger partial charge in [0.1, 0.15) is 23.1 Å². The first kappa shape index (κ1) is 28.0. The molecule has 0 aliphatic carbocycles. The zero-order chi connectivity index (χ0) is 28.2. The van der Waals surface area contributed by atoms with Crippen molar-refractivity contribution >= 4 is 17.6 Å². The molecule has 0 bridgehead atoms. The van der Waals surface area contributed by atoms with E-state index in [0.717, 1.165) is 43.5 Å². The van der Waals surface area contributed by atoms with Crippen molar-refractivity contribution in [1.82, 2.24) is 0 Å². The van der Waals surface area contributed by atoms with Crippen molar-refractivity contribution in [3.8, 4) is 11.5 Å². The van der Waals surface area contributed by atoms with E-state index in [1.807, 2.05) is 0 Å². The Labute approximate surface area is 212 Å². The van der Waals surface area contributed by atoms with Crippen LogP contribution in [0.4, 0.5) is 27.6 Å². The number of carbonyl (C=O) groups is 2. The summed E-state index contributed by atoms with van der Waals surface area (Å²) in [6.07, 6.45) is -5.51. The van der Waals surface area contributed by atoms with Crippen LogP contribution in [-0.4, -0.2) is 30.0 Å². The first-order valence-electron chi connectivity index (χ1n) is 10.8. The number of esters is 1. The third-order valence-electron chi connectivity index (χ3n) is 5.35. The number of alkyl halides is 3. The van der Waals surface area contributed by atoms with Crippen LogP contribution in [-0.2, 0) is 22.1 Å². The fraction of sp³-hybridized carbons (Fsp3) is 0.200. The molecule has 1 unspecified atom stereocenters. The maximum Gasteiger partial charge on any atom is 0.416 e. The Morgan fingerprint density at radius 3 is 2.32 bits per heavy atom. The molecule has 3 rings (SSSR count). The molecule has 0 fully saturated rings. The van der Waals surface area contributed by atoms with Gasteiger partial charge in [-0.2, -0.15) is 13.2 Å². The van der Waals surface area contributed by atoms with Crippen LogP contribution in [0, 0.1) is 28.7 Å². The van der Waals surface area contributed by atoms with Gasteiger partial charge in [-0.15, -0.1) is 0 Å². The summed E-state index contributed by atoms with van der Waals surface area (Å²) in [7, 11) is 0.925. The number of carbonyl (C=O) groups excluding carboxylic acids is 2. The molecule has 200 valence electrons. The van der Waals surface area contributed by atoms with Gasteiger partial charge in [-0.1, -0.05) is 0 Å². The van der Waals surface area contributed by atoms with E-state index in [0.29, 0.717) is 17.7 Å². The van der Waals surface area contributed by atoms with E-state index in [2.05, 4.69) is 10.1 Å². The first-order chi connectivity index (χ1) is 17.8. The Morgan fingerprint density at radius 2 is 1.71 bits per heavy atom. The van der Waals surface area contributed by atoms with Gasteiger partial charge in [0.05, 0.1) is 24.7 Å². The predicted molar refractivity (Wildman–Crippen MR) is 124 cm³/mol. The van der Waals surface area contributed by atoms with Gasteiger partial charge in [0.25, 0.3) is 5.91 Å². The van der Waals surface area contributed by atoms with Crippen LogP contribution in [0.1, 0.15) is 27.0 Å². The number of nitrogens with one attached hydrogen (secondary N) is 1. The van der Waals surface area contributed by atoms with Gasteiger partial charge < -0.3 is 14.8 Å². The zero-order valence-corrected chi connectivity index (χ0v) is 19.8. The van der Waals surface area contributed by atoms with Crippen LogP contribution >= 0.6 is 0 Å². The Hall–Kier alpha value is -4.55. The second-order valence-electron chi connectivity index (χ2n) is 8.01. The molecule has 0 saturated heterocycles. The summed E-state index contributed by atoms with van der Waals surface area (Å²) in [6.45, 7) is 1.49. The highest BCUT2D eigenvalue weighted by Crippen LogP contribution is 2.35. The topological polar surface area (TPSA) is 108 Å². The second kappa shape index (κ2) is 11.2. The summed E-state index contributed by atoms with van der Waals surface area (Å²) in [4.78, 5) is 34.9. The average molecular weight is 538 g/mol. The number of methoxy groups -OCH3 is 1. The number of hydrogen-bond donors (Lipinski definition) is 1. The Bertz CT molecular complexity index is 1390. The number of rotatable bonds is 8. The zero-order valence-electron chi connectivity index (χ0n) is 19.8. The summed E-state index contributed by atoms with van der Waals surface area (Å²) >= 11 is 0. The van der Waals surface area contributed by atoms with Crippen LogP contribution < -0.4 is 10.1 Å². The lowest BCUT2D eigenvalue weighted by molar-refractivity contribution is -0.510. The van der Waals surface area contributed by atoms with Gasteiger partial charge in [-0.3, -0.25) is 14.9 Å². The molecule has 0 saturated carbocycles. The highest BCUT2D eigenvalue weighted by atomic mass is 19.4. The molecule has 0 aliphatic heterocycles. The van der Waals surface area contributed by atoms with Crippen LogP contribution in [0.2, 0.25) is 0 Å². The van der Waals surface area contributed by atoms with Gasteiger partial charge in [0, 0.05) is 10.6 Å². The number of aryl methyl sites for hydroxylation is 1. The minimum Gasteiger partial charge on any atom is -0.464 e. The van der Waals surface area contributed by atoms with Crippen molar-refractivity contribution in [2.45, 2.75) is 25.6 Å². The maximum absolute atomic E-state index is 14.3. The lowest BCUT2D eigenvalue weighted by Crippen LogP contribution is -2.33. The molecule has 0 heterocycles. The number of halogens is 5. The number of benzene rings is 3. The van der Waals surface area contributed by atoms with Gasteiger partial charge in [-0.05, 0) is 72.6 Å². The minimum absolute atomic E-state index is 0.0814. The van der Waals surface area contributed by atoms with Crippen molar-refractivity contribution in [3.63, 3.8) is 0 Å². The molecular weight excluding hydrogens is 519 g/mol. The molecule has 38 heavy (non-hydrogen) atoms. The van der Waals surface area contributed by atoms with Crippen LogP contribution in [0.25, 0.3) is 0 Å². The smallest absolute Gasteiger partial charge is 0.416 e. The summed E-state index contributed by atoms with van der Waals surface area (Å²) in [5, 5.41) is 13.5. The molecule has 0 aliphatic rings. The number of nitrogens with zero attached hydrogens (tertiary/aromatic N) is 1. The highest BCUT2D eigenvalue weighted by molar-refractivity contribution is 6.06. The Kier molecular flexibility index (Phi) is 8.29. The van der Waals surface area contributed by atoms with E-state index in [-0.39, 0.29) is 22.7 Å². The van der Waals surface area contributed by atoms with E-state index in [4.69, 9.17) is 4.74 Å². The fourth-order valence-corrected chi connectivity index (χ4v) is 3.41. The monoisotopic (exact) mass is 538 g/mol. The van der Waals surface area contributed by atoms with Crippen molar-refractivity contribution in [2.75, 3.05) is 12.4 Å². The van der Waals surface area contributed by atoms with Crippen molar-refractivity contribution in [3.05, 3.63) is 98.6 Å². The number of amides is 1. The van der Waals surface area contributed by atoms with Gasteiger partial charge in [-0.25, -0.2) is 13.6 Å². The highest BCUT2D eigenvalue weighted by Gasteiger charge is 2.33. The third-order valence-corrected chi connectivity index (χ3v) is 5.35. The quantitative estimate of drug-likeness (QED) is 0.171. The lowest BCUT2D eigenvalue weighted by atomic mass is 10.0. The molecule has 3 aromatic rings. The molecule has 1 amide bonds. The number of hydrogen-bond acceptors (Lipinski definition) is 6. The Balaban J connectivity index is 1.96. The van der Waals surface area contributed by atoms with Crippen molar-refractivity contribution < 1.29 is 45.9 Å². The van der Waals surface area contributed by atoms with Crippen LogP contribution in [0.15, 0.2) is 54.6 Å². The van der Waals surface area contributed by atoms with E-state index in [9.17, 15) is 41.7 Å². The molecule has 13 heteroatoms. The normalized spacial score (nSPS) is 12.0. The summed E-state index contributed by atoms with van der Waals surface area (Å²) in [5.74, 6) is -4.00. The van der Waals surface area contributed by atoms with E-state index < -0.39 is 58.2 Å². The first-order valence-corrected chi connectivity index (χ1v) is 10.8. The predicted octanol–water partition coefficient (Wildman–Crippen LogP) is 5.70. The van der Waals surface area contributed by atoms with Gasteiger partial charge in [0.15, 0.2) is 0 Å². The summed E-state index contributed by atoms with van der Waals surface area (Å²) in [6, 6.07) is 6.63. The Morgan fingerprint density at radius 1 is 1.03 bits per heavy atom. The molecule has 3 aromatic carbocycles. The van der Waals surface area contributed by atoms with E-state index in [1.165, 1.54) is 13.0 Å². The average Bonchev–Trinajstić information content (AvgIpc) is 2.84. The largest absolute Gasteiger partial charge is 0.464 e. The minimum atomic E-state index is -4.80. The number of nitro groups is 1. The number of ether oxygens (including phenoxy) is 2. The van der Waals surface area contributed by atoms with Crippen molar-refractivity contribution in [2.24, 2.45) is 0 Å². The van der Waals surface area contributed by atoms with Crippen LogP contribution in [0.5, 0.6) is 11.5 Å². The molecule has 1 N–H and O–H groups in total. The lowest BCUT2D eigenvalue weighted by Gasteiger charge is -2.16. The number of anilines is 1. The molecule has 0 aromatic heterocycles. The molecular formula is C25H19F5N2O6. The molecule has 8 nitrogen and oxygen atoms in total. The SMILES string of the molecule is COC(=O)C(Cc1cc(NC(=O)c2cc(C(F)(F)F)ccc2Oc2ccc(F)cc2C)ccc1F)[N+](=O)[O-].